The lowest BCUT2D eigenvalue weighted by atomic mass is 10.2. The van der Waals surface area contributed by atoms with Crippen molar-refractivity contribution in [3.63, 3.8) is 0 Å². The smallest absolute Gasteiger partial charge is 0.411 e. The minimum atomic E-state index is -4.33. The summed E-state index contributed by atoms with van der Waals surface area (Å²) in [7, 11) is 0. The third kappa shape index (κ3) is 5.81. The Hall–Kier alpha value is -1.47. The fraction of sp³-hybridized carbons (Fsp3) is 0.571. The van der Waals surface area contributed by atoms with Crippen molar-refractivity contribution in [3.05, 3.63) is 24.3 Å². The highest BCUT2D eigenvalue weighted by Gasteiger charge is 2.27. The Labute approximate surface area is 121 Å². The first kappa shape index (κ1) is 15.9. The minimum Gasteiger partial charge on any atom is -0.468 e. The van der Waals surface area contributed by atoms with Gasteiger partial charge in [-0.3, -0.25) is 0 Å². The number of hydrogen-bond donors (Lipinski definition) is 1. The quantitative estimate of drug-likeness (QED) is 0.669. The second-order valence-electron chi connectivity index (χ2n) is 4.81. The summed E-state index contributed by atoms with van der Waals surface area (Å²) in [6, 6.07) is 7.30. The Morgan fingerprint density at radius 1 is 1.10 bits per heavy atom. The molecule has 1 fully saturated rings. The van der Waals surface area contributed by atoms with E-state index in [1.165, 1.54) is 0 Å². The van der Waals surface area contributed by atoms with E-state index in [9.17, 15) is 13.2 Å². The molecule has 21 heavy (non-hydrogen) atoms. The molecule has 0 aromatic heterocycles. The minimum absolute atomic E-state index is 0.410. The number of halogens is 3. The molecule has 0 unspecified atom stereocenters. The van der Waals surface area contributed by atoms with Crippen LogP contribution in [0.1, 0.15) is 6.42 Å². The number of nitrogens with zero attached hydrogens (tertiary/aromatic N) is 1. The molecule has 118 valence electrons. The van der Waals surface area contributed by atoms with Crippen molar-refractivity contribution in [1.82, 2.24) is 5.32 Å². The van der Waals surface area contributed by atoms with Crippen LogP contribution in [0.15, 0.2) is 24.3 Å². The normalized spacial score (nSPS) is 16.6. The Morgan fingerprint density at radius 3 is 2.57 bits per heavy atom. The molecule has 0 amide bonds. The molecule has 0 saturated carbocycles. The van der Waals surface area contributed by atoms with E-state index in [0.717, 1.165) is 38.3 Å². The van der Waals surface area contributed by atoms with Gasteiger partial charge in [0.05, 0.1) is 0 Å². The molecule has 2 rings (SSSR count). The number of benzene rings is 1. The monoisotopic (exact) mass is 304 g/mol. The van der Waals surface area contributed by atoms with Gasteiger partial charge in [-0.15, -0.1) is 0 Å². The molecule has 0 spiro atoms. The topological polar surface area (TPSA) is 33.7 Å². The van der Waals surface area contributed by atoms with Crippen LogP contribution in [0, 0.1) is 0 Å². The van der Waals surface area contributed by atoms with Crippen LogP contribution < -0.4 is 15.0 Å². The SMILES string of the molecule is FC(F)(F)COCOc1ccc(N2CCCNCC2)cc1. The van der Waals surface area contributed by atoms with E-state index in [2.05, 4.69) is 15.0 Å². The standard InChI is InChI=1S/C14H19F3N2O2/c15-14(16,17)10-20-11-21-13-4-2-12(3-5-13)19-8-1-6-18-7-9-19/h2-5,18H,1,6-11H2. The van der Waals surface area contributed by atoms with Gasteiger partial charge in [-0.25, -0.2) is 0 Å². The number of nitrogens with one attached hydrogen (secondary N) is 1. The van der Waals surface area contributed by atoms with Crippen molar-refractivity contribution in [3.8, 4) is 5.75 Å². The molecule has 1 aliphatic heterocycles. The van der Waals surface area contributed by atoms with E-state index in [1.807, 2.05) is 12.1 Å². The van der Waals surface area contributed by atoms with Crippen LogP contribution in [-0.4, -0.2) is 45.8 Å². The average molecular weight is 304 g/mol. The van der Waals surface area contributed by atoms with Crippen LogP contribution in [0.2, 0.25) is 0 Å². The van der Waals surface area contributed by atoms with Crippen molar-refractivity contribution in [2.24, 2.45) is 0 Å². The van der Waals surface area contributed by atoms with Crippen LogP contribution in [0.5, 0.6) is 5.75 Å². The Balaban J connectivity index is 1.78. The number of anilines is 1. The number of rotatable bonds is 5. The van der Waals surface area contributed by atoms with Crippen molar-refractivity contribution >= 4 is 5.69 Å². The first-order chi connectivity index (χ1) is 10.0. The first-order valence-electron chi connectivity index (χ1n) is 6.88. The lowest BCUT2D eigenvalue weighted by Crippen LogP contribution is -2.27. The second kappa shape index (κ2) is 7.51. The summed E-state index contributed by atoms with van der Waals surface area (Å²) in [5.74, 6) is 0.494. The van der Waals surface area contributed by atoms with Gasteiger partial charge in [0.2, 0.25) is 0 Å². The summed E-state index contributed by atoms with van der Waals surface area (Å²) in [6.45, 7) is 2.19. The summed E-state index contributed by atoms with van der Waals surface area (Å²) in [5, 5.41) is 3.33. The third-order valence-corrected chi connectivity index (χ3v) is 3.12. The van der Waals surface area contributed by atoms with Gasteiger partial charge in [-0.2, -0.15) is 13.2 Å². The van der Waals surface area contributed by atoms with Crippen molar-refractivity contribution in [2.45, 2.75) is 12.6 Å². The van der Waals surface area contributed by atoms with Gasteiger partial charge in [0, 0.05) is 25.3 Å². The Morgan fingerprint density at radius 2 is 1.86 bits per heavy atom. The molecule has 1 N–H and O–H groups in total. The zero-order valence-corrected chi connectivity index (χ0v) is 11.7. The highest BCUT2D eigenvalue weighted by Crippen LogP contribution is 2.20. The van der Waals surface area contributed by atoms with Crippen LogP contribution >= 0.6 is 0 Å². The Bertz CT molecular complexity index is 415. The van der Waals surface area contributed by atoms with E-state index in [4.69, 9.17) is 4.74 Å². The average Bonchev–Trinajstić information content (AvgIpc) is 2.72. The molecule has 1 aliphatic rings. The van der Waals surface area contributed by atoms with E-state index < -0.39 is 19.6 Å². The van der Waals surface area contributed by atoms with E-state index in [1.54, 1.807) is 12.1 Å². The van der Waals surface area contributed by atoms with E-state index in [-0.39, 0.29) is 0 Å². The van der Waals surface area contributed by atoms with Crippen LogP contribution in [-0.2, 0) is 4.74 Å². The van der Waals surface area contributed by atoms with Gasteiger partial charge in [-0.05, 0) is 37.2 Å². The molecule has 4 nitrogen and oxygen atoms in total. The molecule has 7 heteroatoms. The summed E-state index contributed by atoms with van der Waals surface area (Å²) in [6.07, 6.45) is -3.24. The number of ether oxygens (including phenoxy) is 2. The molecule has 1 saturated heterocycles. The van der Waals surface area contributed by atoms with Crippen molar-refractivity contribution in [2.75, 3.05) is 44.5 Å². The molecular weight excluding hydrogens is 285 g/mol. The van der Waals surface area contributed by atoms with Gasteiger partial charge in [0.1, 0.15) is 12.4 Å². The molecule has 1 heterocycles. The largest absolute Gasteiger partial charge is 0.468 e. The van der Waals surface area contributed by atoms with Gasteiger partial charge in [0.25, 0.3) is 0 Å². The van der Waals surface area contributed by atoms with E-state index >= 15 is 0 Å². The van der Waals surface area contributed by atoms with Crippen molar-refractivity contribution < 1.29 is 22.6 Å². The van der Waals surface area contributed by atoms with Gasteiger partial charge < -0.3 is 19.7 Å². The predicted molar refractivity (Wildman–Crippen MR) is 73.6 cm³/mol. The lowest BCUT2D eigenvalue weighted by Gasteiger charge is -2.22. The van der Waals surface area contributed by atoms with Crippen molar-refractivity contribution in [1.29, 1.82) is 0 Å². The fourth-order valence-corrected chi connectivity index (χ4v) is 2.12. The van der Waals surface area contributed by atoms with E-state index in [0.29, 0.717) is 5.75 Å². The fourth-order valence-electron chi connectivity index (χ4n) is 2.12. The molecular formula is C14H19F3N2O2. The Kier molecular flexibility index (Phi) is 5.69. The third-order valence-electron chi connectivity index (χ3n) is 3.12. The van der Waals surface area contributed by atoms with Gasteiger partial charge in [0.15, 0.2) is 6.79 Å². The zero-order valence-electron chi connectivity index (χ0n) is 11.7. The predicted octanol–water partition coefficient (Wildman–Crippen LogP) is 2.40. The summed E-state index contributed by atoms with van der Waals surface area (Å²) < 4.78 is 45.2. The molecule has 1 aromatic rings. The number of hydrogen-bond acceptors (Lipinski definition) is 4. The summed E-state index contributed by atoms with van der Waals surface area (Å²) in [5.41, 5.74) is 1.09. The highest BCUT2D eigenvalue weighted by atomic mass is 19.4. The molecule has 0 atom stereocenters. The zero-order chi connectivity index (χ0) is 15.1. The van der Waals surface area contributed by atoms with Crippen LogP contribution in [0.3, 0.4) is 0 Å². The maximum absolute atomic E-state index is 11.9. The second-order valence-corrected chi connectivity index (χ2v) is 4.81. The maximum atomic E-state index is 11.9. The number of alkyl halides is 3. The first-order valence-corrected chi connectivity index (χ1v) is 6.88. The molecule has 0 aliphatic carbocycles. The van der Waals surface area contributed by atoms with Crippen LogP contribution in [0.4, 0.5) is 18.9 Å². The van der Waals surface area contributed by atoms with Gasteiger partial charge >= 0.3 is 6.18 Å². The lowest BCUT2D eigenvalue weighted by molar-refractivity contribution is -0.186. The summed E-state index contributed by atoms with van der Waals surface area (Å²) in [4.78, 5) is 2.27. The van der Waals surface area contributed by atoms with Gasteiger partial charge in [-0.1, -0.05) is 0 Å². The van der Waals surface area contributed by atoms with Crippen LogP contribution in [0.25, 0.3) is 0 Å². The molecule has 1 aromatic carbocycles. The summed E-state index contributed by atoms with van der Waals surface area (Å²) >= 11 is 0. The highest BCUT2D eigenvalue weighted by molar-refractivity contribution is 5.49. The maximum Gasteiger partial charge on any atom is 0.411 e. The molecule has 0 radical (unpaired) electrons. The molecule has 0 bridgehead atoms.